The molecular weight excluding hydrogens is 548 g/mol. The Morgan fingerprint density at radius 3 is 2.50 bits per heavy atom. The molecule has 2 atom stereocenters. The van der Waals surface area contributed by atoms with Gasteiger partial charge in [0.2, 0.25) is 5.78 Å². The predicted molar refractivity (Wildman–Crippen MR) is 151 cm³/mol. The number of nitrogens with zero attached hydrogens (tertiary/aromatic N) is 4. The van der Waals surface area contributed by atoms with Gasteiger partial charge in [-0.1, -0.05) is 12.1 Å². The number of hydrogen-bond acceptors (Lipinski definition) is 5. The molecule has 2 aliphatic rings. The van der Waals surface area contributed by atoms with E-state index >= 15 is 0 Å². The third-order valence-corrected chi connectivity index (χ3v) is 8.58. The number of carbonyl (C=O) groups is 1. The molecule has 1 aliphatic carbocycles. The Labute approximate surface area is 229 Å². The van der Waals surface area contributed by atoms with Gasteiger partial charge in [-0.3, -0.25) is 9.20 Å². The standard InChI is InChI=1S/C29H33BrN4O4/c1-29(2,3)38-28(37)32-13-11-17(12-14-32)18-7-10-22-24(15-18)33(19-8-9-20(35)16-19)27-31-26(36)25-21(30)5-4-6-23(25)34(22)27/h4-7,10,15,17,19-20,35H,8-9,11-14,16H2,1-3H3/t19-,20+/m0/s1. The Bertz CT molecular complexity index is 1610. The van der Waals surface area contributed by atoms with Crippen molar-refractivity contribution in [1.82, 2.24) is 18.9 Å². The van der Waals surface area contributed by atoms with Crippen LogP contribution in [0.5, 0.6) is 0 Å². The second-order valence-electron chi connectivity index (χ2n) is 11.7. The molecule has 1 N–H and O–H groups in total. The summed E-state index contributed by atoms with van der Waals surface area (Å²) >= 11 is 3.54. The number of halogens is 1. The summed E-state index contributed by atoms with van der Waals surface area (Å²) in [6.45, 7) is 6.98. The maximum absolute atomic E-state index is 13.1. The van der Waals surface area contributed by atoms with Crippen LogP contribution >= 0.6 is 15.9 Å². The lowest BCUT2D eigenvalue weighted by Crippen LogP contribution is -2.41. The number of aliphatic hydroxyl groups is 1. The molecule has 6 rings (SSSR count). The smallest absolute Gasteiger partial charge is 0.410 e. The molecule has 200 valence electrons. The van der Waals surface area contributed by atoms with E-state index in [1.807, 2.05) is 39.0 Å². The first kappa shape index (κ1) is 25.4. The minimum absolute atomic E-state index is 0.0678. The minimum Gasteiger partial charge on any atom is -0.444 e. The molecule has 8 nitrogen and oxygen atoms in total. The average Bonchev–Trinajstić information content (AvgIpc) is 3.43. The Morgan fingerprint density at radius 2 is 1.82 bits per heavy atom. The van der Waals surface area contributed by atoms with Gasteiger partial charge >= 0.3 is 6.09 Å². The lowest BCUT2D eigenvalue weighted by Gasteiger charge is -2.33. The molecule has 2 aromatic heterocycles. The highest BCUT2D eigenvalue weighted by atomic mass is 79.9. The normalized spacial score (nSPS) is 21.1. The van der Waals surface area contributed by atoms with Crippen LogP contribution in [0.25, 0.3) is 27.7 Å². The van der Waals surface area contributed by atoms with Gasteiger partial charge in [-0.25, -0.2) is 4.79 Å². The molecule has 1 amide bonds. The van der Waals surface area contributed by atoms with E-state index in [2.05, 4.69) is 48.1 Å². The monoisotopic (exact) mass is 580 g/mol. The van der Waals surface area contributed by atoms with Crippen LogP contribution in [0.1, 0.15) is 70.4 Å². The Hall–Kier alpha value is -2.91. The fourth-order valence-electron chi connectivity index (χ4n) is 6.15. The number of benzene rings is 2. The third kappa shape index (κ3) is 4.39. The fraction of sp³-hybridized carbons (Fsp3) is 0.483. The zero-order chi connectivity index (χ0) is 26.8. The van der Waals surface area contributed by atoms with Crippen molar-refractivity contribution in [2.75, 3.05) is 13.1 Å². The summed E-state index contributed by atoms with van der Waals surface area (Å²) in [6.07, 6.45) is 3.34. The summed E-state index contributed by atoms with van der Waals surface area (Å²) in [5.74, 6) is 0.934. The number of hydrogen-bond donors (Lipinski definition) is 1. The van der Waals surface area contributed by atoms with E-state index in [1.54, 1.807) is 4.90 Å². The van der Waals surface area contributed by atoms with E-state index in [9.17, 15) is 14.7 Å². The largest absolute Gasteiger partial charge is 0.444 e. The van der Waals surface area contributed by atoms with E-state index in [4.69, 9.17) is 4.74 Å². The molecular formula is C29H33BrN4O4. The minimum atomic E-state index is -0.504. The van der Waals surface area contributed by atoms with Crippen molar-refractivity contribution in [1.29, 1.82) is 0 Å². The van der Waals surface area contributed by atoms with Gasteiger partial charge in [-0.15, -0.1) is 0 Å². The number of imidazole rings is 1. The summed E-state index contributed by atoms with van der Waals surface area (Å²) in [7, 11) is 0. The molecule has 38 heavy (non-hydrogen) atoms. The van der Waals surface area contributed by atoms with Crippen LogP contribution in [0.15, 0.2) is 45.7 Å². The highest BCUT2D eigenvalue weighted by Crippen LogP contribution is 2.38. The number of aliphatic hydroxyl groups excluding tert-OH is 1. The zero-order valence-corrected chi connectivity index (χ0v) is 23.6. The molecule has 0 spiro atoms. The molecule has 9 heteroatoms. The zero-order valence-electron chi connectivity index (χ0n) is 22.0. The van der Waals surface area contributed by atoms with Crippen LogP contribution in [-0.4, -0.2) is 54.8 Å². The van der Waals surface area contributed by atoms with Gasteiger partial charge in [0.05, 0.1) is 28.0 Å². The molecule has 0 radical (unpaired) electrons. The van der Waals surface area contributed by atoms with Crippen LogP contribution in [0, 0.1) is 0 Å². The van der Waals surface area contributed by atoms with Gasteiger partial charge in [0.1, 0.15) is 5.60 Å². The molecule has 2 fully saturated rings. The van der Waals surface area contributed by atoms with Crippen molar-refractivity contribution in [3.05, 3.63) is 56.8 Å². The third-order valence-electron chi connectivity index (χ3n) is 7.92. The highest BCUT2D eigenvalue weighted by Gasteiger charge is 2.31. The first-order valence-corrected chi connectivity index (χ1v) is 14.2. The number of aromatic nitrogens is 3. The summed E-state index contributed by atoms with van der Waals surface area (Å²) < 4.78 is 10.6. The maximum atomic E-state index is 13.1. The lowest BCUT2D eigenvalue weighted by molar-refractivity contribution is 0.0205. The predicted octanol–water partition coefficient (Wildman–Crippen LogP) is 5.77. The summed E-state index contributed by atoms with van der Waals surface area (Å²) in [5.41, 5.74) is 3.29. The van der Waals surface area contributed by atoms with Gasteiger partial charge < -0.3 is 19.3 Å². The number of piperidine rings is 1. The first-order valence-electron chi connectivity index (χ1n) is 13.4. The van der Waals surface area contributed by atoms with Gasteiger partial charge in [0, 0.05) is 23.6 Å². The number of rotatable bonds is 2. The maximum Gasteiger partial charge on any atom is 0.410 e. The number of likely N-dealkylation sites (tertiary alicyclic amines) is 1. The quantitative estimate of drug-likeness (QED) is 0.325. The molecule has 3 heterocycles. The fourth-order valence-corrected chi connectivity index (χ4v) is 6.67. The topological polar surface area (TPSA) is 89.1 Å². The number of fused-ring (bicyclic) bond motifs is 5. The Morgan fingerprint density at radius 1 is 1.05 bits per heavy atom. The van der Waals surface area contributed by atoms with E-state index in [1.165, 1.54) is 5.56 Å². The molecule has 4 aromatic rings. The van der Waals surface area contributed by atoms with E-state index < -0.39 is 5.60 Å². The molecule has 0 bridgehead atoms. The van der Waals surface area contributed by atoms with Crippen molar-refractivity contribution in [3.63, 3.8) is 0 Å². The van der Waals surface area contributed by atoms with Gasteiger partial charge in [0.25, 0.3) is 5.56 Å². The first-order chi connectivity index (χ1) is 18.1. The molecule has 2 aromatic carbocycles. The summed E-state index contributed by atoms with van der Waals surface area (Å²) in [6, 6.07) is 12.4. The number of carbonyl (C=O) groups excluding carboxylic acids is 1. The van der Waals surface area contributed by atoms with Crippen LogP contribution in [0.2, 0.25) is 0 Å². The van der Waals surface area contributed by atoms with Crippen LogP contribution in [0.4, 0.5) is 4.79 Å². The molecule has 1 saturated heterocycles. The van der Waals surface area contributed by atoms with E-state index in [-0.39, 0.29) is 23.8 Å². The van der Waals surface area contributed by atoms with Gasteiger partial charge in [0.15, 0.2) is 0 Å². The average molecular weight is 582 g/mol. The SMILES string of the molecule is CC(C)(C)OC(=O)N1CCC(c2ccc3c(c2)n([C@H]2CC[C@@H](O)C2)c2nc(=O)c4c(Br)cccc4n32)CC1. The lowest BCUT2D eigenvalue weighted by atomic mass is 9.89. The van der Waals surface area contributed by atoms with Crippen LogP contribution < -0.4 is 5.56 Å². The van der Waals surface area contributed by atoms with Crippen molar-refractivity contribution in [3.8, 4) is 0 Å². The van der Waals surface area contributed by atoms with E-state index in [0.29, 0.717) is 36.6 Å². The summed E-state index contributed by atoms with van der Waals surface area (Å²) in [4.78, 5) is 32.1. The molecule has 1 aliphatic heterocycles. The van der Waals surface area contributed by atoms with Crippen LogP contribution in [-0.2, 0) is 4.74 Å². The Balaban J connectivity index is 1.43. The number of amides is 1. The van der Waals surface area contributed by atoms with Gasteiger partial charge in [-0.05, 0) is 105 Å². The highest BCUT2D eigenvalue weighted by molar-refractivity contribution is 9.10. The summed E-state index contributed by atoms with van der Waals surface area (Å²) in [5, 5.41) is 10.9. The van der Waals surface area contributed by atoms with Crippen molar-refractivity contribution < 1.29 is 14.6 Å². The van der Waals surface area contributed by atoms with E-state index in [0.717, 1.165) is 46.7 Å². The van der Waals surface area contributed by atoms with Gasteiger partial charge in [-0.2, -0.15) is 4.98 Å². The van der Waals surface area contributed by atoms with Crippen LogP contribution in [0.3, 0.4) is 0 Å². The van der Waals surface area contributed by atoms with Crippen molar-refractivity contribution in [2.24, 2.45) is 0 Å². The second-order valence-corrected chi connectivity index (χ2v) is 12.5. The second kappa shape index (κ2) is 9.38. The Kier molecular flexibility index (Phi) is 6.26. The van der Waals surface area contributed by atoms with Crippen molar-refractivity contribution >= 4 is 49.7 Å². The number of ether oxygens (including phenoxy) is 1. The molecule has 1 saturated carbocycles. The van der Waals surface area contributed by atoms with Crippen molar-refractivity contribution in [2.45, 2.75) is 76.5 Å². The molecule has 0 unspecified atom stereocenters.